The highest BCUT2D eigenvalue weighted by Gasteiger charge is 2.05. The first-order chi connectivity index (χ1) is 9.90. The Labute approximate surface area is 117 Å². The van der Waals surface area contributed by atoms with Gasteiger partial charge in [0.05, 0.1) is 6.21 Å². The topological polar surface area (TPSA) is 34.1 Å². The fourth-order valence-electron chi connectivity index (χ4n) is 1.90. The number of aromatic nitrogens is 3. The van der Waals surface area contributed by atoms with Crippen LogP contribution >= 0.6 is 0 Å². The molecular formula is C16H15N4+. The van der Waals surface area contributed by atoms with Crippen molar-refractivity contribution in [3.05, 3.63) is 84.4 Å². The molecule has 3 rings (SSSR count). The van der Waals surface area contributed by atoms with Gasteiger partial charge in [-0.3, -0.25) is 0 Å². The van der Waals surface area contributed by atoms with Crippen molar-refractivity contribution in [3.8, 4) is 0 Å². The highest BCUT2D eigenvalue weighted by Crippen LogP contribution is 1.99. The van der Waals surface area contributed by atoms with Gasteiger partial charge < -0.3 is 0 Å². The van der Waals surface area contributed by atoms with Crippen molar-refractivity contribution in [2.45, 2.75) is 6.54 Å². The Morgan fingerprint density at radius 3 is 2.45 bits per heavy atom. The van der Waals surface area contributed by atoms with Crippen LogP contribution in [0.25, 0.3) is 0 Å². The lowest BCUT2D eigenvalue weighted by molar-refractivity contribution is -0.679. The van der Waals surface area contributed by atoms with Crippen LogP contribution in [-0.2, 0) is 6.54 Å². The molecule has 3 aromatic rings. The fourth-order valence-corrected chi connectivity index (χ4v) is 1.90. The molecule has 0 amide bonds. The maximum atomic E-state index is 4.35. The van der Waals surface area contributed by atoms with Gasteiger partial charge in [-0.1, -0.05) is 60.7 Å². The Hall–Kier alpha value is -2.75. The van der Waals surface area contributed by atoms with E-state index in [1.807, 2.05) is 65.8 Å². The van der Waals surface area contributed by atoms with Crippen LogP contribution in [0.3, 0.4) is 0 Å². The van der Waals surface area contributed by atoms with Gasteiger partial charge in [-0.05, 0) is 11.1 Å². The highest BCUT2D eigenvalue weighted by molar-refractivity contribution is 5.78. The summed E-state index contributed by atoms with van der Waals surface area (Å²) < 4.78 is 3.56. The first kappa shape index (κ1) is 12.3. The zero-order valence-electron chi connectivity index (χ0n) is 11.0. The first-order valence-electron chi connectivity index (χ1n) is 6.47. The predicted octanol–water partition coefficient (Wildman–Crippen LogP) is 2.10. The van der Waals surface area contributed by atoms with Crippen LogP contribution < -0.4 is 4.68 Å². The summed E-state index contributed by atoms with van der Waals surface area (Å²) in [4.78, 5) is 0. The summed E-state index contributed by atoms with van der Waals surface area (Å²) in [6.45, 7) is 0.745. The van der Waals surface area contributed by atoms with Gasteiger partial charge >= 0.3 is 0 Å². The van der Waals surface area contributed by atoms with E-state index >= 15 is 0 Å². The summed E-state index contributed by atoms with van der Waals surface area (Å²) in [5, 5.41) is 8.64. The van der Waals surface area contributed by atoms with Gasteiger partial charge in [0, 0.05) is 5.10 Å². The normalized spacial score (nSPS) is 11.0. The summed E-state index contributed by atoms with van der Waals surface area (Å²) in [5.74, 6) is 0. The minimum atomic E-state index is 0.745. The summed E-state index contributed by atoms with van der Waals surface area (Å²) >= 11 is 0. The predicted molar refractivity (Wildman–Crippen MR) is 77.4 cm³/mol. The number of hydrogen-bond acceptors (Lipinski definition) is 2. The minimum Gasteiger partial charge on any atom is -0.113 e. The zero-order chi connectivity index (χ0) is 13.6. The molecule has 0 saturated carbocycles. The van der Waals surface area contributed by atoms with Gasteiger partial charge in [0.15, 0.2) is 0 Å². The summed E-state index contributed by atoms with van der Waals surface area (Å²) in [6, 6.07) is 20.2. The number of rotatable bonds is 4. The monoisotopic (exact) mass is 263 g/mol. The molecule has 0 saturated heterocycles. The SMILES string of the molecule is C(=N\[n+]1cnn(Cc2ccccc2)c1)/c1ccccc1. The third-order valence-corrected chi connectivity index (χ3v) is 2.90. The molecule has 0 aliphatic rings. The Bertz CT molecular complexity index is 687. The second-order valence-electron chi connectivity index (χ2n) is 4.46. The quantitative estimate of drug-likeness (QED) is 0.524. The van der Waals surface area contributed by atoms with Crippen LogP contribution in [-0.4, -0.2) is 16.0 Å². The highest BCUT2D eigenvalue weighted by atomic mass is 15.5. The first-order valence-corrected chi connectivity index (χ1v) is 6.47. The number of hydrogen-bond donors (Lipinski definition) is 0. The van der Waals surface area contributed by atoms with Crippen molar-refractivity contribution >= 4 is 6.21 Å². The molecule has 1 aromatic heterocycles. The third-order valence-electron chi connectivity index (χ3n) is 2.90. The average Bonchev–Trinajstić information content (AvgIpc) is 2.95. The molecule has 0 N–H and O–H groups in total. The summed E-state index contributed by atoms with van der Waals surface area (Å²) in [5.41, 5.74) is 2.28. The molecule has 98 valence electrons. The molecular weight excluding hydrogens is 248 g/mol. The summed E-state index contributed by atoms with van der Waals surface area (Å²) in [7, 11) is 0. The lowest BCUT2D eigenvalue weighted by Gasteiger charge is -1.93. The molecule has 0 aliphatic heterocycles. The van der Waals surface area contributed by atoms with Gasteiger partial charge in [-0.2, -0.15) is 0 Å². The Morgan fingerprint density at radius 1 is 1.00 bits per heavy atom. The van der Waals surface area contributed by atoms with E-state index in [0.29, 0.717) is 0 Å². The smallest absolute Gasteiger partial charge is 0.113 e. The van der Waals surface area contributed by atoms with Gasteiger partial charge in [0.1, 0.15) is 6.54 Å². The molecule has 0 spiro atoms. The van der Waals surface area contributed by atoms with Crippen LogP contribution in [0.15, 0.2) is 78.4 Å². The minimum absolute atomic E-state index is 0.745. The maximum absolute atomic E-state index is 4.35. The second kappa shape index (κ2) is 5.93. The molecule has 20 heavy (non-hydrogen) atoms. The van der Waals surface area contributed by atoms with E-state index in [9.17, 15) is 0 Å². The Kier molecular flexibility index (Phi) is 3.64. The van der Waals surface area contributed by atoms with Crippen LogP contribution in [0, 0.1) is 0 Å². The molecule has 1 heterocycles. The maximum Gasteiger partial charge on any atom is 0.289 e. The number of nitrogens with zero attached hydrogens (tertiary/aromatic N) is 4. The zero-order valence-corrected chi connectivity index (χ0v) is 11.0. The van der Waals surface area contributed by atoms with E-state index in [1.54, 1.807) is 11.0 Å². The van der Waals surface area contributed by atoms with Crippen molar-refractivity contribution in [1.29, 1.82) is 0 Å². The number of benzene rings is 2. The van der Waals surface area contributed by atoms with Crippen molar-refractivity contribution in [3.63, 3.8) is 0 Å². The molecule has 0 fully saturated rings. The van der Waals surface area contributed by atoms with Gasteiger partial charge in [0.2, 0.25) is 6.33 Å². The molecule has 0 aliphatic carbocycles. The van der Waals surface area contributed by atoms with Gasteiger partial charge in [-0.25, -0.2) is 0 Å². The van der Waals surface area contributed by atoms with E-state index < -0.39 is 0 Å². The molecule has 4 heteroatoms. The molecule has 4 nitrogen and oxygen atoms in total. The van der Waals surface area contributed by atoms with Crippen molar-refractivity contribution in [2.75, 3.05) is 0 Å². The van der Waals surface area contributed by atoms with Crippen LogP contribution in [0.2, 0.25) is 0 Å². The Morgan fingerprint density at radius 2 is 1.70 bits per heavy atom. The molecule has 2 aromatic carbocycles. The van der Waals surface area contributed by atoms with E-state index in [2.05, 4.69) is 22.3 Å². The van der Waals surface area contributed by atoms with Crippen molar-refractivity contribution in [2.24, 2.45) is 5.10 Å². The average molecular weight is 263 g/mol. The third kappa shape index (κ3) is 3.17. The van der Waals surface area contributed by atoms with Gasteiger partial charge in [-0.15, -0.1) is 14.5 Å². The van der Waals surface area contributed by atoms with Crippen molar-refractivity contribution in [1.82, 2.24) is 9.78 Å². The van der Waals surface area contributed by atoms with Crippen LogP contribution in [0.4, 0.5) is 0 Å². The molecule has 0 bridgehead atoms. The largest absolute Gasteiger partial charge is 0.289 e. The van der Waals surface area contributed by atoms with E-state index in [0.717, 1.165) is 12.1 Å². The van der Waals surface area contributed by atoms with Gasteiger partial charge in [0.25, 0.3) is 6.33 Å². The molecule has 0 atom stereocenters. The van der Waals surface area contributed by atoms with E-state index in [4.69, 9.17) is 0 Å². The van der Waals surface area contributed by atoms with Crippen LogP contribution in [0.1, 0.15) is 11.1 Å². The summed E-state index contributed by atoms with van der Waals surface area (Å²) in [6.07, 6.45) is 5.38. The standard InChI is InChI=1S/C16H15N4/c1-3-7-15(8-4-1)11-17-20-13-18-19(14-20)12-16-9-5-2-6-10-16/h1-11,13-14H,12H2/q+1/b17-11+. The second-order valence-corrected chi connectivity index (χ2v) is 4.46. The molecule has 0 radical (unpaired) electrons. The lowest BCUT2D eigenvalue weighted by atomic mass is 10.2. The van der Waals surface area contributed by atoms with Crippen molar-refractivity contribution < 1.29 is 4.68 Å². The van der Waals surface area contributed by atoms with E-state index in [1.165, 1.54) is 5.56 Å². The fraction of sp³-hybridized carbons (Fsp3) is 0.0625. The lowest BCUT2D eigenvalue weighted by Crippen LogP contribution is -2.24. The van der Waals surface area contributed by atoms with Crippen LogP contribution in [0.5, 0.6) is 0 Å². The van der Waals surface area contributed by atoms with E-state index in [-0.39, 0.29) is 0 Å². The molecule has 0 unspecified atom stereocenters. The Balaban J connectivity index is 1.70.